The standard InChI is InChI=1S/C31H30F2N4O3/c1-21-6-2-3-11-28(21)40-20-29(38)35-26-18-34-37(19-26)27-12-14-36(15-13-27)31(39)24-9-4-7-22(16-24)30(33)23-8-5-10-25(32)17-23/h2-11,16-19,27,30H,12-15,20H2,1H3,(H,35,38). The van der Waals surface area contributed by atoms with Gasteiger partial charge in [0.2, 0.25) is 0 Å². The zero-order chi connectivity index (χ0) is 28.1. The fourth-order valence-corrected chi connectivity index (χ4v) is 4.86. The summed E-state index contributed by atoms with van der Waals surface area (Å²) >= 11 is 0. The molecule has 0 bridgehead atoms. The molecule has 1 atom stereocenters. The smallest absolute Gasteiger partial charge is 0.262 e. The molecular weight excluding hydrogens is 514 g/mol. The van der Waals surface area contributed by atoms with Crippen LogP contribution in [0.3, 0.4) is 0 Å². The molecule has 1 unspecified atom stereocenters. The topological polar surface area (TPSA) is 76.5 Å². The maximum Gasteiger partial charge on any atom is 0.262 e. The van der Waals surface area contributed by atoms with E-state index in [9.17, 15) is 14.0 Å². The van der Waals surface area contributed by atoms with Gasteiger partial charge in [0.05, 0.1) is 17.9 Å². The van der Waals surface area contributed by atoms with Gasteiger partial charge in [0, 0.05) is 24.8 Å². The van der Waals surface area contributed by atoms with E-state index in [0.29, 0.717) is 48.5 Å². The Hall–Kier alpha value is -4.53. The molecule has 1 aliphatic rings. The van der Waals surface area contributed by atoms with Crippen molar-refractivity contribution in [1.82, 2.24) is 14.7 Å². The van der Waals surface area contributed by atoms with E-state index in [1.807, 2.05) is 35.9 Å². The van der Waals surface area contributed by atoms with Gasteiger partial charge in [-0.1, -0.05) is 42.5 Å². The summed E-state index contributed by atoms with van der Waals surface area (Å²) in [6, 6.07) is 19.4. The molecule has 40 heavy (non-hydrogen) atoms. The maximum atomic E-state index is 15.1. The monoisotopic (exact) mass is 544 g/mol. The molecule has 1 saturated heterocycles. The van der Waals surface area contributed by atoms with Gasteiger partial charge in [-0.15, -0.1) is 0 Å². The van der Waals surface area contributed by atoms with Gasteiger partial charge in [-0.2, -0.15) is 5.10 Å². The molecule has 1 aromatic heterocycles. The summed E-state index contributed by atoms with van der Waals surface area (Å²) in [6.07, 6.45) is 3.22. The molecule has 9 heteroatoms. The highest BCUT2D eigenvalue weighted by molar-refractivity contribution is 5.94. The third-order valence-corrected chi connectivity index (χ3v) is 7.03. The quantitative estimate of drug-likeness (QED) is 0.300. The third-order valence-electron chi connectivity index (χ3n) is 7.03. The van der Waals surface area contributed by atoms with E-state index < -0.39 is 12.0 Å². The minimum atomic E-state index is -1.53. The van der Waals surface area contributed by atoms with Crippen LogP contribution in [0.1, 0.15) is 52.1 Å². The molecule has 2 heterocycles. The summed E-state index contributed by atoms with van der Waals surface area (Å²) in [7, 11) is 0. The normalized spacial score (nSPS) is 14.5. The fraction of sp³-hybridized carbons (Fsp3) is 0.258. The minimum Gasteiger partial charge on any atom is -0.483 e. The number of anilines is 1. The Balaban J connectivity index is 1.14. The predicted octanol–water partition coefficient (Wildman–Crippen LogP) is 5.88. The molecule has 1 aliphatic heterocycles. The third kappa shape index (κ3) is 6.36. The van der Waals surface area contributed by atoms with E-state index in [2.05, 4.69) is 10.4 Å². The molecule has 2 amide bonds. The number of aromatic nitrogens is 2. The van der Waals surface area contributed by atoms with Crippen LogP contribution in [0.5, 0.6) is 5.75 Å². The Bertz CT molecular complexity index is 1500. The van der Waals surface area contributed by atoms with Crippen LogP contribution in [0.25, 0.3) is 0 Å². The van der Waals surface area contributed by atoms with Crippen molar-refractivity contribution in [2.45, 2.75) is 32.0 Å². The lowest BCUT2D eigenvalue weighted by atomic mass is 9.99. The average Bonchev–Trinajstić information content (AvgIpc) is 3.44. The van der Waals surface area contributed by atoms with Gasteiger partial charge < -0.3 is 15.0 Å². The number of carbonyl (C=O) groups is 2. The maximum absolute atomic E-state index is 15.1. The molecular formula is C31H30F2N4O3. The van der Waals surface area contributed by atoms with Crippen molar-refractivity contribution in [3.05, 3.63) is 113 Å². The lowest BCUT2D eigenvalue weighted by molar-refractivity contribution is -0.118. The number of carbonyl (C=O) groups excluding carboxylic acids is 2. The second-order valence-corrected chi connectivity index (χ2v) is 9.88. The predicted molar refractivity (Wildman–Crippen MR) is 147 cm³/mol. The first kappa shape index (κ1) is 27.1. The number of benzene rings is 3. The summed E-state index contributed by atoms with van der Waals surface area (Å²) in [4.78, 5) is 27.3. The zero-order valence-electron chi connectivity index (χ0n) is 22.1. The van der Waals surface area contributed by atoms with E-state index in [4.69, 9.17) is 4.74 Å². The Labute approximate surface area is 231 Å². The largest absolute Gasteiger partial charge is 0.483 e. The summed E-state index contributed by atoms with van der Waals surface area (Å²) in [5.41, 5.74) is 2.44. The summed E-state index contributed by atoms with van der Waals surface area (Å²) in [6.45, 7) is 2.84. The number of para-hydroxylation sites is 1. The summed E-state index contributed by atoms with van der Waals surface area (Å²) < 4.78 is 36.0. The molecule has 7 nitrogen and oxygen atoms in total. The molecule has 0 radical (unpaired) electrons. The van der Waals surface area contributed by atoms with Crippen molar-refractivity contribution < 1.29 is 23.1 Å². The molecule has 5 rings (SSSR count). The first-order chi connectivity index (χ1) is 19.4. The number of ether oxygens (including phenoxy) is 1. The van der Waals surface area contributed by atoms with Crippen molar-refractivity contribution in [1.29, 1.82) is 0 Å². The molecule has 0 aliphatic carbocycles. The average molecular weight is 545 g/mol. The molecule has 4 aromatic rings. The molecule has 0 saturated carbocycles. The number of nitrogens with one attached hydrogen (secondary N) is 1. The molecule has 3 aromatic carbocycles. The number of amides is 2. The SMILES string of the molecule is Cc1ccccc1OCC(=O)Nc1cnn(C2CCN(C(=O)c3cccc(C(F)c4cccc(F)c4)c3)CC2)c1. The van der Waals surface area contributed by atoms with Crippen LogP contribution in [0.4, 0.5) is 14.5 Å². The lowest BCUT2D eigenvalue weighted by Gasteiger charge is -2.32. The van der Waals surface area contributed by atoms with Gasteiger partial charge >= 0.3 is 0 Å². The van der Waals surface area contributed by atoms with Gasteiger partial charge in [0.1, 0.15) is 11.6 Å². The highest BCUT2D eigenvalue weighted by Crippen LogP contribution is 2.29. The van der Waals surface area contributed by atoms with Crippen molar-refractivity contribution in [2.24, 2.45) is 0 Å². The van der Waals surface area contributed by atoms with Gasteiger partial charge in [0.15, 0.2) is 12.8 Å². The molecule has 0 spiro atoms. The number of alkyl halides is 1. The van der Waals surface area contributed by atoms with Crippen molar-refractivity contribution >= 4 is 17.5 Å². The Morgan fingerprint density at radius 2 is 1.75 bits per heavy atom. The van der Waals surface area contributed by atoms with Gasteiger partial charge in [0.25, 0.3) is 11.8 Å². The highest BCUT2D eigenvalue weighted by atomic mass is 19.1. The van der Waals surface area contributed by atoms with Crippen LogP contribution >= 0.6 is 0 Å². The second kappa shape index (κ2) is 12.1. The Kier molecular flexibility index (Phi) is 8.19. The van der Waals surface area contributed by atoms with Crippen LogP contribution in [0, 0.1) is 12.7 Å². The summed E-state index contributed by atoms with van der Waals surface area (Å²) in [5.74, 6) is -0.293. The number of likely N-dealkylation sites (tertiary alicyclic amines) is 1. The van der Waals surface area contributed by atoms with Crippen molar-refractivity contribution in [2.75, 3.05) is 25.0 Å². The van der Waals surface area contributed by atoms with Crippen molar-refractivity contribution in [3.63, 3.8) is 0 Å². The van der Waals surface area contributed by atoms with Crippen LogP contribution < -0.4 is 10.1 Å². The van der Waals surface area contributed by atoms with Gasteiger partial charge in [-0.3, -0.25) is 14.3 Å². The van der Waals surface area contributed by atoms with Crippen molar-refractivity contribution in [3.8, 4) is 5.75 Å². The molecule has 206 valence electrons. The molecule has 1 fully saturated rings. The van der Waals surface area contributed by atoms with E-state index in [-0.39, 0.29) is 30.0 Å². The number of hydrogen-bond acceptors (Lipinski definition) is 4. The highest BCUT2D eigenvalue weighted by Gasteiger charge is 2.26. The lowest BCUT2D eigenvalue weighted by Crippen LogP contribution is -2.39. The number of halogens is 2. The van der Waals surface area contributed by atoms with E-state index >= 15 is 4.39 Å². The number of piperidine rings is 1. The van der Waals surface area contributed by atoms with Crippen LogP contribution in [-0.2, 0) is 4.79 Å². The first-order valence-electron chi connectivity index (χ1n) is 13.2. The second-order valence-electron chi connectivity index (χ2n) is 9.88. The fourth-order valence-electron chi connectivity index (χ4n) is 4.86. The summed E-state index contributed by atoms with van der Waals surface area (Å²) in [5, 5.41) is 7.21. The Morgan fingerprint density at radius 1 is 1.02 bits per heavy atom. The van der Waals surface area contributed by atoms with E-state index in [1.54, 1.807) is 35.5 Å². The van der Waals surface area contributed by atoms with Crippen LogP contribution in [0.2, 0.25) is 0 Å². The number of hydrogen-bond donors (Lipinski definition) is 1. The molecule has 1 N–H and O–H groups in total. The minimum absolute atomic E-state index is 0.0763. The van der Waals surface area contributed by atoms with Gasteiger partial charge in [-0.25, -0.2) is 8.78 Å². The zero-order valence-corrected chi connectivity index (χ0v) is 22.1. The Morgan fingerprint density at radius 3 is 2.50 bits per heavy atom. The van der Waals surface area contributed by atoms with Crippen LogP contribution in [-0.4, -0.2) is 46.2 Å². The number of nitrogens with zero attached hydrogens (tertiary/aromatic N) is 3. The first-order valence-corrected chi connectivity index (χ1v) is 13.2. The van der Waals surface area contributed by atoms with Crippen LogP contribution in [0.15, 0.2) is 85.2 Å². The van der Waals surface area contributed by atoms with Gasteiger partial charge in [-0.05, 0) is 66.8 Å². The van der Waals surface area contributed by atoms with E-state index in [1.165, 1.54) is 24.3 Å². The van der Waals surface area contributed by atoms with E-state index in [0.717, 1.165) is 11.6 Å². The number of aryl methyl sites for hydroxylation is 1. The number of rotatable bonds is 8.